The van der Waals surface area contributed by atoms with Gasteiger partial charge in [-0.15, -0.1) is 16.4 Å². The van der Waals surface area contributed by atoms with Crippen LogP contribution in [0.25, 0.3) is 6.08 Å². The number of furan rings is 1. The van der Waals surface area contributed by atoms with Crippen LogP contribution in [0.4, 0.5) is 5.69 Å². The molecule has 0 saturated carbocycles. The van der Waals surface area contributed by atoms with Crippen LogP contribution >= 0.6 is 23.1 Å². The number of carbonyl (C=O) groups excluding carboxylic acids is 1. The van der Waals surface area contributed by atoms with E-state index in [2.05, 4.69) is 10.2 Å². The van der Waals surface area contributed by atoms with Gasteiger partial charge in [-0.25, -0.2) is 0 Å². The first-order valence-corrected chi connectivity index (χ1v) is 11.0. The fourth-order valence-electron chi connectivity index (χ4n) is 2.79. The monoisotopic (exact) mass is 436 g/mol. The molecule has 0 bridgehead atoms. The Balaban J connectivity index is 1.57. The number of nitrogens with zero attached hydrogens (tertiary/aromatic N) is 4. The number of carbonyl (C=O) groups is 1. The SMILES string of the molecule is CN(C)c1ccc(/C=N/N=C2\S/C(=C\c3cccs3)C(=O)N2Cc2ccco2)cc1. The second-order valence-corrected chi connectivity index (χ2v) is 8.70. The number of benzene rings is 1. The molecule has 2 aromatic heterocycles. The maximum Gasteiger partial charge on any atom is 0.267 e. The van der Waals surface area contributed by atoms with Gasteiger partial charge in [0.05, 0.1) is 23.9 Å². The molecule has 0 spiro atoms. The van der Waals surface area contributed by atoms with Gasteiger partial charge in [-0.05, 0) is 59.1 Å². The van der Waals surface area contributed by atoms with Crippen molar-refractivity contribution in [2.75, 3.05) is 19.0 Å². The molecule has 0 N–H and O–H groups in total. The van der Waals surface area contributed by atoms with E-state index in [4.69, 9.17) is 4.42 Å². The highest BCUT2D eigenvalue weighted by atomic mass is 32.2. The van der Waals surface area contributed by atoms with Crippen molar-refractivity contribution in [1.82, 2.24) is 4.90 Å². The van der Waals surface area contributed by atoms with Gasteiger partial charge in [0.1, 0.15) is 5.76 Å². The molecule has 4 rings (SSSR count). The summed E-state index contributed by atoms with van der Waals surface area (Å²) >= 11 is 2.91. The molecule has 1 amide bonds. The highest BCUT2D eigenvalue weighted by Gasteiger charge is 2.34. The summed E-state index contributed by atoms with van der Waals surface area (Å²) in [5.74, 6) is 0.589. The zero-order valence-electron chi connectivity index (χ0n) is 16.6. The van der Waals surface area contributed by atoms with Crippen LogP contribution in [-0.4, -0.2) is 36.3 Å². The van der Waals surface area contributed by atoms with Crippen molar-refractivity contribution < 1.29 is 9.21 Å². The molecule has 0 atom stereocenters. The third-order valence-electron chi connectivity index (χ3n) is 4.36. The largest absolute Gasteiger partial charge is 0.467 e. The smallest absolute Gasteiger partial charge is 0.267 e. The maximum atomic E-state index is 13.0. The van der Waals surface area contributed by atoms with Crippen molar-refractivity contribution in [3.63, 3.8) is 0 Å². The molecule has 1 fully saturated rings. The summed E-state index contributed by atoms with van der Waals surface area (Å²) in [5.41, 5.74) is 2.05. The molecule has 3 aromatic rings. The molecule has 6 nitrogen and oxygen atoms in total. The standard InChI is InChI=1S/C22H20N4O2S2/c1-25(2)17-9-7-16(8-10-17)14-23-24-22-26(15-18-5-3-11-28-18)21(27)20(30-22)13-19-6-4-12-29-19/h3-14H,15H2,1-2H3/b20-13-,23-14+,24-22-. The van der Waals surface area contributed by atoms with Crippen molar-refractivity contribution in [2.24, 2.45) is 10.2 Å². The lowest BCUT2D eigenvalue weighted by atomic mass is 10.2. The first-order valence-electron chi connectivity index (χ1n) is 9.26. The lowest BCUT2D eigenvalue weighted by molar-refractivity contribution is -0.122. The average Bonchev–Trinajstić information content (AvgIpc) is 3.49. The molecular weight excluding hydrogens is 416 g/mol. The molecule has 0 aliphatic carbocycles. The Morgan fingerprint density at radius 3 is 2.63 bits per heavy atom. The third kappa shape index (κ3) is 4.72. The lowest BCUT2D eigenvalue weighted by Gasteiger charge is -2.12. The Morgan fingerprint density at radius 2 is 1.97 bits per heavy atom. The summed E-state index contributed by atoms with van der Waals surface area (Å²) in [7, 11) is 4.00. The van der Waals surface area contributed by atoms with Gasteiger partial charge in [-0.3, -0.25) is 9.69 Å². The molecule has 30 heavy (non-hydrogen) atoms. The highest BCUT2D eigenvalue weighted by molar-refractivity contribution is 8.18. The summed E-state index contributed by atoms with van der Waals surface area (Å²) in [4.78, 5) is 18.2. The maximum absolute atomic E-state index is 13.0. The number of thiophene rings is 1. The van der Waals surface area contributed by atoms with E-state index in [1.807, 2.05) is 72.9 Å². The van der Waals surface area contributed by atoms with E-state index < -0.39 is 0 Å². The molecule has 1 saturated heterocycles. The van der Waals surface area contributed by atoms with Crippen molar-refractivity contribution in [1.29, 1.82) is 0 Å². The molecule has 3 heterocycles. The first kappa shape index (κ1) is 20.2. The minimum atomic E-state index is -0.103. The predicted molar refractivity (Wildman–Crippen MR) is 125 cm³/mol. The van der Waals surface area contributed by atoms with Crippen molar-refractivity contribution >= 4 is 52.2 Å². The minimum Gasteiger partial charge on any atom is -0.467 e. The summed E-state index contributed by atoms with van der Waals surface area (Å²) in [6, 6.07) is 15.6. The van der Waals surface area contributed by atoms with Gasteiger partial charge in [-0.1, -0.05) is 18.2 Å². The fourth-order valence-corrected chi connectivity index (χ4v) is 4.44. The van der Waals surface area contributed by atoms with Gasteiger partial charge in [0, 0.05) is 24.7 Å². The number of hydrogen-bond acceptors (Lipinski definition) is 7. The minimum absolute atomic E-state index is 0.103. The van der Waals surface area contributed by atoms with Gasteiger partial charge in [0.25, 0.3) is 5.91 Å². The van der Waals surface area contributed by atoms with Crippen LogP contribution < -0.4 is 4.90 Å². The normalized spacial score (nSPS) is 17.0. The summed E-state index contributed by atoms with van der Waals surface area (Å²) in [6.07, 6.45) is 5.17. The topological polar surface area (TPSA) is 61.4 Å². The average molecular weight is 437 g/mol. The molecule has 0 unspecified atom stereocenters. The Labute approximate surface area is 183 Å². The third-order valence-corrected chi connectivity index (χ3v) is 6.17. The second-order valence-electron chi connectivity index (χ2n) is 6.71. The molecule has 1 aromatic carbocycles. The van der Waals surface area contributed by atoms with E-state index in [1.165, 1.54) is 11.8 Å². The van der Waals surface area contributed by atoms with Crippen LogP contribution in [0.15, 0.2) is 79.7 Å². The Morgan fingerprint density at radius 1 is 1.13 bits per heavy atom. The van der Waals surface area contributed by atoms with Gasteiger partial charge in [-0.2, -0.15) is 5.10 Å². The molecule has 0 radical (unpaired) electrons. The number of anilines is 1. The number of rotatable bonds is 6. The van der Waals surface area contributed by atoms with Crippen LogP contribution in [0.1, 0.15) is 16.2 Å². The van der Waals surface area contributed by atoms with Crippen LogP contribution in [0.5, 0.6) is 0 Å². The van der Waals surface area contributed by atoms with E-state index in [9.17, 15) is 4.79 Å². The van der Waals surface area contributed by atoms with Crippen LogP contribution in [0.2, 0.25) is 0 Å². The van der Waals surface area contributed by atoms with Gasteiger partial charge < -0.3 is 9.32 Å². The Hall–Kier alpha value is -3.10. The Kier molecular flexibility index (Phi) is 6.15. The van der Waals surface area contributed by atoms with Gasteiger partial charge in [0.15, 0.2) is 5.17 Å². The van der Waals surface area contributed by atoms with E-state index in [-0.39, 0.29) is 5.91 Å². The predicted octanol–water partition coefficient (Wildman–Crippen LogP) is 4.91. The van der Waals surface area contributed by atoms with Crippen molar-refractivity contribution in [2.45, 2.75) is 6.54 Å². The zero-order chi connectivity index (χ0) is 20.9. The summed E-state index contributed by atoms with van der Waals surface area (Å²) in [5, 5.41) is 11.1. The van der Waals surface area contributed by atoms with Crippen LogP contribution in [0, 0.1) is 0 Å². The van der Waals surface area contributed by atoms with E-state index >= 15 is 0 Å². The zero-order valence-corrected chi connectivity index (χ0v) is 18.2. The van der Waals surface area contributed by atoms with E-state index in [0.29, 0.717) is 22.4 Å². The highest BCUT2D eigenvalue weighted by Crippen LogP contribution is 2.34. The fraction of sp³-hybridized carbons (Fsp3) is 0.136. The van der Waals surface area contributed by atoms with Gasteiger partial charge >= 0.3 is 0 Å². The van der Waals surface area contributed by atoms with Crippen molar-refractivity contribution in [3.05, 3.63) is 81.3 Å². The first-order chi connectivity index (χ1) is 14.6. The number of thioether (sulfide) groups is 1. The van der Waals surface area contributed by atoms with Crippen LogP contribution in [0.3, 0.4) is 0 Å². The molecule has 1 aliphatic heterocycles. The summed E-state index contributed by atoms with van der Waals surface area (Å²) < 4.78 is 5.42. The van der Waals surface area contributed by atoms with E-state index in [1.54, 1.807) is 34.8 Å². The van der Waals surface area contributed by atoms with Gasteiger partial charge in [0.2, 0.25) is 0 Å². The quantitative estimate of drug-likeness (QED) is 0.313. The molecule has 1 aliphatic rings. The lowest BCUT2D eigenvalue weighted by Crippen LogP contribution is -2.28. The molecule has 152 valence electrons. The molecular formula is C22H20N4O2S2. The number of amides is 1. The number of amidine groups is 1. The number of hydrogen-bond donors (Lipinski definition) is 0. The van der Waals surface area contributed by atoms with Crippen LogP contribution in [-0.2, 0) is 11.3 Å². The van der Waals surface area contributed by atoms with E-state index in [0.717, 1.165) is 16.1 Å². The van der Waals surface area contributed by atoms with Crippen molar-refractivity contribution in [3.8, 4) is 0 Å². The summed E-state index contributed by atoms with van der Waals surface area (Å²) in [6.45, 7) is 0.312. The second kappa shape index (κ2) is 9.15. The molecule has 8 heteroatoms. The Bertz CT molecular complexity index is 1080.